The summed E-state index contributed by atoms with van der Waals surface area (Å²) in [5, 5.41) is 8.48. The molecule has 0 radical (unpaired) electrons. The third kappa shape index (κ3) is 6.01. The van der Waals surface area contributed by atoms with Gasteiger partial charge in [0.1, 0.15) is 0 Å². The highest BCUT2D eigenvalue weighted by Gasteiger charge is 2.24. The van der Waals surface area contributed by atoms with Crippen LogP contribution in [0.25, 0.3) is 0 Å². The van der Waals surface area contributed by atoms with E-state index in [4.69, 9.17) is 14.6 Å². The zero-order valence-corrected chi connectivity index (χ0v) is 10.2. The molecule has 0 aliphatic carbocycles. The molecule has 0 saturated heterocycles. The van der Waals surface area contributed by atoms with E-state index < -0.39 is 21.7 Å². The van der Waals surface area contributed by atoms with E-state index in [2.05, 4.69) is 0 Å². The van der Waals surface area contributed by atoms with E-state index in [1.54, 1.807) is 0 Å². The summed E-state index contributed by atoms with van der Waals surface area (Å²) in [7, 11) is -0.907. The van der Waals surface area contributed by atoms with Gasteiger partial charge in [-0.15, -0.1) is 0 Å². The van der Waals surface area contributed by atoms with Crippen molar-refractivity contribution in [2.24, 2.45) is 0 Å². The third-order valence-electron chi connectivity index (χ3n) is 1.79. The molecule has 0 saturated carbocycles. The van der Waals surface area contributed by atoms with Crippen LogP contribution < -0.4 is 0 Å². The average molecular weight is 255 g/mol. The van der Waals surface area contributed by atoms with Gasteiger partial charge in [0.2, 0.25) is 10.0 Å². The molecule has 96 valence electrons. The molecule has 0 amide bonds. The minimum absolute atomic E-state index is 0.121. The van der Waals surface area contributed by atoms with Crippen molar-refractivity contribution in [2.45, 2.75) is 0 Å². The highest BCUT2D eigenvalue weighted by atomic mass is 32.2. The number of carbonyl (C=O) groups is 1. The number of sulfonamides is 1. The van der Waals surface area contributed by atoms with E-state index in [1.165, 1.54) is 14.2 Å². The minimum Gasteiger partial charge on any atom is -0.480 e. The second-order valence-electron chi connectivity index (χ2n) is 3.03. The van der Waals surface area contributed by atoms with Gasteiger partial charge in [-0.05, 0) is 0 Å². The lowest BCUT2D eigenvalue weighted by Crippen LogP contribution is -2.39. The van der Waals surface area contributed by atoms with Crippen LogP contribution in [0.5, 0.6) is 0 Å². The fourth-order valence-electron chi connectivity index (χ4n) is 1.02. The molecular formula is C8H17NO6S. The molecule has 8 heteroatoms. The van der Waals surface area contributed by atoms with Gasteiger partial charge in [-0.25, -0.2) is 8.42 Å². The van der Waals surface area contributed by atoms with Crippen LogP contribution in [0, 0.1) is 0 Å². The number of aliphatic carboxylic acids is 1. The SMILES string of the molecule is COCCN(CCOC)S(=O)(=O)CC(=O)O. The fourth-order valence-corrected chi connectivity index (χ4v) is 2.22. The van der Waals surface area contributed by atoms with Crippen molar-refractivity contribution in [1.29, 1.82) is 0 Å². The quantitative estimate of drug-likeness (QED) is 0.568. The number of rotatable bonds is 9. The first-order chi connectivity index (χ1) is 7.44. The van der Waals surface area contributed by atoms with Gasteiger partial charge in [0.05, 0.1) is 13.2 Å². The van der Waals surface area contributed by atoms with Crippen LogP contribution in [0.2, 0.25) is 0 Å². The number of hydrogen-bond acceptors (Lipinski definition) is 5. The molecule has 1 N–H and O–H groups in total. The molecule has 0 aromatic carbocycles. The summed E-state index contributed by atoms with van der Waals surface area (Å²) in [6, 6.07) is 0. The normalized spacial score (nSPS) is 11.9. The molecule has 0 bridgehead atoms. The summed E-state index contributed by atoms with van der Waals surface area (Å²) in [4.78, 5) is 10.4. The zero-order valence-electron chi connectivity index (χ0n) is 9.38. The molecule has 0 fully saturated rings. The number of ether oxygens (including phenoxy) is 2. The molecule has 16 heavy (non-hydrogen) atoms. The topological polar surface area (TPSA) is 93.1 Å². The molecule has 0 aromatic heterocycles. The van der Waals surface area contributed by atoms with E-state index in [-0.39, 0.29) is 26.3 Å². The monoisotopic (exact) mass is 255 g/mol. The number of methoxy groups -OCH3 is 2. The first kappa shape index (κ1) is 15.3. The Hall–Kier alpha value is -0.700. The Morgan fingerprint density at radius 3 is 1.94 bits per heavy atom. The Morgan fingerprint density at radius 2 is 1.62 bits per heavy atom. The Kier molecular flexibility index (Phi) is 7.22. The van der Waals surface area contributed by atoms with Crippen molar-refractivity contribution >= 4 is 16.0 Å². The summed E-state index contributed by atoms with van der Waals surface area (Å²) in [6.45, 7) is 0.663. The Morgan fingerprint density at radius 1 is 1.19 bits per heavy atom. The van der Waals surface area contributed by atoms with Gasteiger partial charge in [0.15, 0.2) is 5.75 Å². The Bertz CT molecular complexity index is 294. The highest BCUT2D eigenvalue weighted by molar-refractivity contribution is 7.89. The van der Waals surface area contributed by atoms with Crippen molar-refractivity contribution in [3.63, 3.8) is 0 Å². The number of carboxylic acid groups (broad SMARTS) is 1. The van der Waals surface area contributed by atoms with Crippen LogP contribution in [-0.2, 0) is 24.3 Å². The van der Waals surface area contributed by atoms with E-state index in [9.17, 15) is 13.2 Å². The fraction of sp³-hybridized carbons (Fsp3) is 0.875. The summed E-state index contributed by atoms with van der Waals surface area (Å²) >= 11 is 0. The van der Waals surface area contributed by atoms with Crippen molar-refractivity contribution in [2.75, 3.05) is 46.3 Å². The lowest BCUT2D eigenvalue weighted by atomic mass is 10.6. The van der Waals surface area contributed by atoms with Crippen molar-refractivity contribution in [3.05, 3.63) is 0 Å². The van der Waals surface area contributed by atoms with Crippen LogP contribution in [0.15, 0.2) is 0 Å². The molecular weight excluding hydrogens is 238 g/mol. The molecule has 7 nitrogen and oxygen atoms in total. The number of nitrogens with zero attached hydrogens (tertiary/aromatic N) is 1. The smallest absolute Gasteiger partial charge is 0.320 e. The van der Waals surface area contributed by atoms with Gasteiger partial charge in [-0.1, -0.05) is 0 Å². The second kappa shape index (κ2) is 7.55. The highest BCUT2D eigenvalue weighted by Crippen LogP contribution is 2.01. The van der Waals surface area contributed by atoms with E-state index >= 15 is 0 Å². The van der Waals surface area contributed by atoms with Gasteiger partial charge in [0.25, 0.3) is 0 Å². The lowest BCUT2D eigenvalue weighted by molar-refractivity contribution is -0.134. The average Bonchev–Trinajstić information content (AvgIpc) is 2.15. The van der Waals surface area contributed by atoms with Gasteiger partial charge in [-0.3, -0.25) is 4.79 Å². The van der Waals surface area contributed by atoms with Crippen LogP contribution in [-0.4, -0.2) is 70.1 Å². The van der Waals surface area contributed by atoms with E-state index in [0.29, 0.717) is 0 Å². The largest absolute Gasteiger partial charge is 0.480 e. The van der Waals surface area contributed by atoms with Crippen LogP contribution in [0.1, 0.15) is 0 Å². The maximum Gasteiger partial charge on any atom is 0.320 e. The van der Waals surface area contributed by atoms with E-state index in [1.807, 2.05) is 0 Å². The summed E-state index contributed by atoms with van der Waals surface area (Å²) in [6.07, 6.45) is 0. The maximum atomic E-state index is 11.6. The van der Waals surface area contributed by atoms with Crippen LogP contribution in [0.4, 0.5) is 0 Å². The number of carboxylic acids is 1. The Labute approximate surface area is 95.0 Å². The molecule has 0 aliphatic rings. The van der Waals surface area contributed by atoms with Crippen molar-refractivity contribution in [3.8, 4) is 0 Å². The summed E-state index contributed by atoms with van der Waals surface area (Å²) in [5.41, 5.74) is 0. The summed E-state index contributed by atoms with van der Waals surface area (Å²) in [5.74, 6) is -2.29. The van der Waals surface area contributed by atoms with Crippen LogP contribution in [0.3, 0.4) is 0 Å². The van der Waals surface area contributed by atoms with Gasteiger partial charge >= 0.3 is 5.97 Å². The lowest BCUT2D eigenvalue weighted by Gasteiger charge is -2.20. The van der Waals surface area contributed by atoms with Crippen molar-refractivity contribution < 1.29 is 27.8 Å². The summed E-state index contributed by atoms with van der Waals surface area (Å²) < 4.78 is 33.7. The zero-order chi connectivity index (χ0) is 12.6. The molecule has 0 atom stereocenters. The Balaban J connectivity index is 4.51. The molecule has 0 aliphatic heterocycles. The molecule has 0 aromatic rings. The van der Waals surface area contributed by atoms with Gasteiger partial charge in [-0.2, -0.15) is 4.31 Å². The second-order valence-corrected chi connectivity index (χ2v) is 5.00. The predicted molar refractivity (Wildman–Crippen MR) is 56.7 cm³/mol. The first-order valence-corrected chi connectivity index (χ1v) is 6.22. The first-order valence-electron chi connectivity index (χ1n) is 4.61. The number of hydrogen-bond donors (Lipinski definition) is 1. The standard InChI is InChI=1S/C8H17NO6S/c1-14-5-3-9(4-6-15-2)16(12,13)7-8(10)11/h3-7H2,1-2H3,(H,10,11). The molecule has 0 spiro atoms. The third-order valence-corrected chi connectivity index (χ3v) is 3.55. The molecule has 0 unspecified atom stereocenters. The van der Waals surface area contributed by atoms with Crippen molar-refractivity contribution in [1.82, 2.24) is 4.31 Å². The van der Waals surface area contributed by atoms with Gasteiger partial charge < -0.3 is 14.6 Å². The molecule has 0 rings (SSSR count). The van der Waals surface area contributed by atoms with Gasteiger partial charge in [0, 0.05) is 27.3 Å². The van der Waals surface area contributed by atoms with E-state index in [0.717, 1.165) is 4.31 Å². The minimum atomic E-state index is -3.79. The maximum absolute atomic E-state index is 11.6. The molecule has 0 heterocycles. The predicted octanol–water partition coefficient (Wildman–Crippen LogP) is -1.00. The van der Waals surface area contributed by atoms with Crippen LogP contribution >= 0.6 is 0 Å².